The number of esters is 2. The lowest BCUT2D eigenvalue weighted by Gasteiger charge is -2.18. The maximum Gasteiger partial charge on any atom is 0.305 e. The summed E-state index contributed by atoms with van der Waals surface area (Å²) in [5, 5.41) is 8.89. The molecule has 0 unspecified atom stereocenters. The molecule has 10 heteroatoms. The van der Waals surface area contributed by atoms with E-state index in [2.05, 4.69) is 34.7 Å². The van der Waals surface area contributed by atoms with Crippen molar-refractivity contribution in [2.75, 3.05) is 53.5 Å². The van der Waals surface area contributed by atoms with Gasteiger partial charge in [0.15, 0.2) is 0 Å². The quantitative estimate of drug-likeness (QED) is 0.0893. The number of amides is 2. The summed E-state index contributed by atoms with van der Waals surface area (Å²) >= 11 is 0. The number of carbonyl (C=O) groups excluding carboxylic acids is 4. The predicted octanol–water partition coefficient (Wildman–Crippen LogP) is 3.10. The van der Waals surface area contributed by atoms with Crippen molar-refractivity contribution in [3.63, 3.8) is 0 Å². The molecule has 0 saturated carbocycles. The van der Waals surface area contributed by atoms with Gasteiger partial charge in [-0.3, -0.25) is 19.2 Å². The van der Waals surface area contributed by atoms with E-state index in [4.69, 9.17) is 9.47 Å². The highest BCUT2D eigenvalue weighted by atomic mass is 16.5. The fraction of sp³-hybridized carbons (Fsp3) is 0.793. The Kier molecular flexibility index (Phi) is 24.2. The molecule has 3 N–H and O–H groups in total. The van der Waals surface area contributed by atoms with Crippen LogP contribution in [0.5, 0.6) is 0 Å². The van der Waals surface area contributed by atoms with Crippen molar-refractivity contribution in [3.8, 4) is 0 Å². The maximum absolute atomic E-state index is 12.4. The number of rotatable bonds is 25. The second-order valence-corrected chi connectivity index (χ2v) is 10.0. The average molecular weight is 555 g/mol. The SMILES string of the molecule is CCCCCC(=O)OCCCC(CCCOC(=O)CCCCC)NC(=O)/C=C\C(=O)NCCNCCN(C)C. The van der Waals surface area contributed by atoms with Crippen molar-refractivity contribution in [1.82, 2.24) is 20.9 Å². The van der Waals surface area contributed by atoms with E-state index in [1.54, 1.807) is 0 Å². The summed E-state index contributed by atoms with van der Waals surface area (Å²) in [5.41, 5.74) is 0. The number of nitrogens with zero attached hydrogens (tertiary/aromatic N) is 1. The molecule has 0 saturated heterocycles. The zero-order valence-corrected chi connectivity index (χ0v) is 24.9. The van der Waals surface area contributed by atoms with Gasteiger partial charge in [-0.25, -0.2) is 0 Å². The first-order valence-electron chi connectivity index (χ1n) is 14.7. The van der Waals surface area contributed by atoms with Gasteiger partial charge in [-0.2, -0.15) is 0 Å². The van der Waals surface area contributed by atoms with E-state index < -0.39 is 0 Å². The number of nitrogens with one attached hydrogen (secondary N) is 3. The maximum atomic E-state index is 12.4. The highest BCUT2D eigenvalue weighted by Gasteiger charge is 2.13. The molecule has 0 rings (SSSR count). The van der Waals surface area contributed by atoms with Gasteiger partial charge in [0.2, 0.25) is 11.8 Å². The Labute approximate surface area is 236 Å². The van der Waals surface area contributed by atoms with Crippen molar-refractivity contribution in [1.29, 1.82) is 0 Å². The fourth-order valence-corrected chi connectivity index (χ4v) is 3.66. The molecule has 0 bridgehead atoms. The van der Waals surface area contributed by atoms with Crippen molar-refractivity contribution in [2.45, 2.75) is 96.9 Å². The van der Waals surface area contributed by atoms with Crippen LogP contribution in [0.2, 0.25) is 0 Å². The third-order valence-corrected chi connectivity index (χ3v) is 5.96. The summed E-state index contributed by atoms with van der Waals surface area (Å²) in [7, 11) is 4.00. The van der Waals surface area contributed by atoms with Crippen LogP contribution in [0.25, 0.3) is 0 Å². The molecule has 10 nitrogen and oxygen atoms in total. The van der Waals surface area contributed by atoms with Crippen molar-refractivity contribution in [2.24, 2.45) is 0 Å². The van der Waals surface area contributed by atoms with Gasteiger partial charge in [-0.05, 0) is 52.6 Å². The van der Waals surface area contributed by atoms with Crippen molar-refractivity contribution >= 4 is 23.8 Å². The van der Waals surface area contributed by atoms with Crippen LogP contribution in [0, 0.1) is 0 Å². The second kappa shape index (κ2) is 25.8. The molecule has 0 atom stereocenters. The van der Waals surface area contributed by atoms with Crippen molar-refractivity contribution in [3.05, 3.63) is 12.2 Å². The minimum absolute atomic E-state index is 0.191. The fourth-order valence-electron chi connectivity index (χ4n) is 3.66. The summed E-state index contributed by atoms with van der Waals surface area (Å²) in [6, 6.07) is -0.191. The van der Waals surface area contributed by atoms with Gasteiger partial charge in [-0.1, -0.05) is 39.5 Å². The number of hydrogen-bond acceptors (Lipinski definition) is 8. The standard InChI is InChI=1S/C29H54N4O6/c1-5-7-9-15-28(36)38-23-11-13-25(14-12-24-39-29(37)16-10-8-6-2)32-27(35)18-17-26(34)31-20-19-30-21-22-33(3)4/h17-18,25,30H,5-16,19-24H2,1-4H3,(H,31,34)(H,32,35)/b18-17-. The average Bonchev–Trinajstić information content (AvgIpc) is 2.89. The topological polar surface area (TPSA) is 126 Å². The molecule has 39 heavy (non-hydrogen) atoms. The molecular formula is C29H54N4O6. The van der Waals surface area contributed by atoms with Crippen LogP contribution in [0.1, 0.15) is 90.9 Å². The predicted molar refractivity (Wildman–Crippen MR) is 154 cm³/mol. The van der Waals surface area contributed by atoms with Crippen LogP contribution in [0.4, 0.5) is 0 Å². The first-order chi connectivity index (χ1) is 18.8. The minimum Gasteiger partial charge on any atom is -0.466 e. The Bertz CT molecular complexity index is 669. The first kappa shape index (κ1) is 36.5. The summed E-state index contributed by atoms with van der Waals surface area (Å²) in [5.74, 6) is -1.09. The molecule has 0 aliphatic heterocycles. The molecule has 0 heterocycles. The van der Waals surface area contributed by atoms with Crippen molar-refractivity contribution < 1.29 is 28.7 Å². The van der Waals surface area contributed by atoms with Gasteiger partial charge < -0.3 is 30.3 Å². The molecule has 0 aromatic rings. The second-order valence-electron chi connectivity index (χ2n) is 10.0. The summed E-state index contributed by atoms with van der Waals surface area (Å²) in [6.45, 7) is 7.62. The third-order valence-electron chi connectivity index (χ3n) is 5.96. The number of carbonyl (C=O) groups is 4. The van der Waals surface area contributed by atoms with Crippen LogP contribution in [-0.2, 0) is 28.7 Å². The Morgan fingerprint density at radius 2 is 1.26 bits per heavy atom. The largest absolute Gasteiger partial charge is 0.466 e. The normalized spacial score (nSPS) is 11.2. The summed E-state index contributed by atoms with van der Waals surface area (Å²) in [4.78, 5) is 50.2. The number of hydrogen-bond donors (Lipinski definition) is 3. The van der Waals surface area contributed by atoms with Gasteiger partial charge in [0.25, 0.3) is 0 Å². The molecule has 0 aromatic carbocycles. The number of likely N-dealkylation sites (N-methyl/N-ethyl adjacent to an activating group) is 1. The highest BCUT2D eigenvalue weighted by molar-refractivity contribution is 5.96. The molecule has 0 aromatic heterocycles. The third kappa shape index (κ3) is 25.6. The molecule has 0 fully saturated rings. The van der Waals surface area contributed by atoms with Crippen LogP contribution in [-0.4, -0.2) is 88.2 Å². The van der Waals surface area contributed by atoms with E-state index >= 15 is 0 Å². The first-order valence-corrected chi connectivity index (χ1v) is 14.7. The van der Waals surface area contributed by atoms with E-state index in [0.29, 0.717) is 64.8 Å². The lowest BCUT2D eigenvalue weighted by Crippen LogP contribution is -2.35. The van der Waals surface area contributed by atoms with E-state index in [1.165, 1.54) is 12.2 Å². The van der Waals surface area contributed by atoms with Crippen LogP contribution >= 0.6 is 0 Å². The molecule has 226 valence electrons. The monoisotopic (exact) mass is 554 g/mol. The molecular weight excluding hydrogens is 500 g/mol. The summed E-state index contributed by atoms with van der Waals surface area (Å²) < 4.78 is 10.6. The minimum atomic E-state index is -0.368. The zero-order valence-electron chi connectivity index (χ0n) is 24.9. The smallest absolute Gasteiger partial charge is 0.305 e. The van der Waals surface area contributed by atoms with Gasteiger partial charge >= 0.3 is 11.9 Å². The molecule has 0 aliphatic carbocycles. The van der Waals surface area contributed by atoms with Crippen LogP contribution in [0.3, 0.4) is 0 Å². The molecule has 2 amide bonds. The van der Waals surface area contributed by atoms with Gasteiger partial charge in [0.05, 0.1) is 13.2 Å². The van der Waals surface area contributed by atoms with Crippen LogP contribution < -0.4 is 16.0 Å². The Morgan fingerprint density at radius 1 is 0.718 bits per heavy atom. The lowest BCUT2D eigenvalue weighted by atomic mass is 10.1. The molecule has 0 aliphatic rings. The number of ether oxygens (including phenoxy) is 2. The summed E-state index contributed by atoms with van der Waals surface area (Å²) in [6.07, 6.45) is 11.5. The Morgan fingerprint density at radius 3 is 1.77 bits per heavy atom. The zero-order chi connectivity index (χ0) is 29.1. The van der Waals surface area contributed by atoms with E-state index in [-0.39, 0.29) is 29.8 Å². The van der Waals surface area contributed by atoms with Gasteiger partial charge in [0, 0.05) is 57.2 Å². The van der Waals surface area contributed by atoms with Gasteiger partial charge in [-0.15, -0.1) is 0 Å². The highest BCUT2D eigenvalue weighted by Crippen LogP contribution is 2.08. The van der Waals surface area contributed by atoms with Crippen LogP contribution in [0.15, 0.2) is 12.2 Å². The Hall–Kier alpha value is -2.46. The molecule has 0 spiro atoms. The lowest BCUT2D eigenvalue weighted by molar-refractivity contribution is -0.144. The number of unbranched alkanes of at least 4 members (excludes halogenated alkanes) is 4. The van der Waals surface area contributed by atoms with Gasteiger partial charge in [0.1, 0.15) is 0 Å². The van der Waals surface area contributed by atoms with E-state index in [0.717, 1.165) is 51.6 Å². The Balaban J connectivity index is 4.50. The molecule has 0 radical (unpaired) electrons. The van der Waals surface area contributed by atoms with E-state index in [1.807, 2.05) is 14.1 Å². The van der Waals surface area contributed by atoms with E-state index in [9.17, 15) is 19.2 Å².